The number of hydrogen-bond acceptors (Lipinski definition) is 3. The van der Waals surface area contributed by atoms with Crippen molar-refractivity contribution in [1.29, 1.82) is 0 Å². The Morgan fingerprint density at radius 3 is 2.88 bits per heavy atom. The van der Waals surface area contributed by atoms with E-state index in [9.17, 15) is 9.18 Å². The zero-order valence-electron chi connectivity index (χ0n) is 13.4. The molecule has 0 aliphatic heterocycles. The molecule has 1 heterocycles. The van der Waals surface area contributed by atoms with E-state index in [1.807, 2.05) is 0 Å². The van der Waals surface area contributed by atoms with Crippen LogP contribution in [0.15, 0.2) is 54.9 Å². The molecule has 0 atom stereocenters. The third-order valence-corrected chi connectivity index (χ3v) is 3.96. The Bertz CT molecular complexity index is 891. The van der Waals surface area contributed by atoms with Gasteiger partial charge in [-0.2, -0.15) is 5.10 Å². The van der Waals surface area contributed by atoms with Crippen LogP contribution in [0.4, 0.5) is 10.1 Å². The molecule has 1 aromatic heterocycles. The molecule has 3 rings (SSSR count). The average molecular weight is 360 g/mol. The number of rotatable bonds is 5. The fourth-order valence-electron chi connectivity index (χ4n) is 2.33. The van der Waals surface area contributed by atoms with E-state index >= 15 is 0 Å². The number of ether oxygens (including phenoxy) is 1. The molecule has 1 amide bonds. The van der Waals surface area contributed by atoms with Crippen LogP contribution in [0.5, 0.6) is 5.75 Å². The molecule has 0 aliphatic carbocycles. The molecule has 1 N–H and O–H groups in total. The van der Waals surface area contributed by atoms with Gasteiger partial charge in [-0.25, -0.2) is 4.39 Å². The molecule has 0 saturated heterocycles. The zero-order valence-corrected chi connectivity index (χ0v) is 14.1. The van der Waals surface area contributed by atoms with E-state index in [1.54, 1.807) is 42.6 Å². The molecule has 0 spiro atoms. The first kappa shape index (κ1) is 17.0. The van der Waals surface area contributed by atoms with Crippen LogP contribution < -0.4 is 10.1 Å². The summed E-state index contributed by atoms with van der Waals surface area (Å²) in [4.78, 5) is 12.3. The highest BCUT2D eigenvalue weighted by molar-refractivity contribution is 6.31. The number of methoxy groups -OCH3 is 1. The van der Waals surface area contributed by atoms with E-state index < -0.39 is 5.82 Å². The number of anilines is 1. The van der Waals surface area contributed by atoms with Gasteiger partial charge in [0.25, 0.3) is 5.91 Å². The molecule has 7 heteroatoms. The van der Waals surface area contributed by atoms with Gasteiger partial charge in [-0.15, -0.1) is 0 Å². The molecular formula is C18H15ClFN3O2. The molecule has 3 aromatic rings. The van der Waals surface area contributed by atoms with E-state index in [2.05, 4.69) is 10.4 Å². The van der Waals surface area contributed by atoms with Crippen molar-refractivity contribution in [3.8, 4) is 5.75 Å². The molecule has 0 fully saturated rings. The second-order valence-electron chi connectivity index (χ2n) is 5.31. The minimum atomic E-state index is -0.398. The van der Waals surface area contributed by atoms with E-state index in [0.717, 1.165) is 0 Å². The number of nitrogens with zero attached hydrogens (tertiary/aromatic N) is 2. The van der Waals surface area contributed by atoms with Crippen molar-refractivity contribution in [3.05, 3.63) is 76.8 Å². The van der Waals surface area contributed by atoms with Crippen LogP contribution in [0, 0.1) is 5.82 Å². The minimum absolute atomic E-state index is 0.167. The Balaban J connectivity index is 1.72. The second-order valence-corrected chi connectivity index (χ2v) is 5.72. The first-order chi connectivity index (χ1) is 12.1. The van der Waals surface area contributed by atoms with Gasteiger partial charge in [0.1, 0.15) is 11.6 Å². The molecule has 0 saturated carbocycles. The Kier molecular flexibility index (Phi) is 5.00. The second kappa shape index (κ2) is 7.36. The molecule has 0 unspecified atom stereocenters. The molecule has 5 nitrogen and oxygen atoms in total. The Morgan fingerprint density at radius 2 is 2.12 bits per heavy atom. The van der Waals surface area contributed by atoms with E-state index in [1.165, 1.54) is 24.1 Å². The lowest BCUT2D eigenvalue weighted by Crippen LogP contribution is -2.11. The van der Waals surface area contributed by atoms with Crippen LogP contribution in [0.3, 0.4) is 0 Å². The standard InChI is InChI=1S/C18H15ClFN3O2/c1-25-14-5-2-4-12(8-14)18(24)22-13-9-21-23(10-13)11-15-16(19)6-3-7-17(15)20/h2-10H,11H2,1H3,(H,22,24). The van der Waals surface area contributed by atoms with Crippen molar-refractivity contribution in [2.75, 3.05) is 12.4 Å². The number of halogens is 2. The van der Waals surface area contributed by atoms with Gasteiger partial charge >= 0.3 is 0 Å². The van der Waals surface area contributed by atoms with Crippen LogP contribution in [-0.4, -0.2) is 22.8 Å². The quantitative estimate of drug-likeness (QED) is 0.749. The van der Waals surface area contributed by atoms with Crippen molar-refractivity contribution in [3.63, 3.8) is 0 Å². The van der Waals surface area contributed by atoms with Gasteiger partial charge in [-0.1, -0.05) is 23.7 Å². The van der Waals surface area contributed by atoms with Crippen molar-refractivity contribution < 1.29 is 13.9 Å². The van der Waals surface area contributed by atoms with E-state index in [4.69, 9.17) is 16.3 Å². The van der Waals surface area contributed by atoms with Crippen LogP contribution in [0.2, 0.25) is 5.02 Å². The maximum Gasteiger partial charge on any atom is 0.255 e. The number of amides is 1. The summed E-state index contributed by atoms with van der Waals surface area (Å²) in [6.07, 6.45) is 3.10. The lowest BCUT2D eigenvalue weighted by molar-refractivity contribution is 0.102. The van der Waals surface area contributed by atoms with Crippen molar-refractivity contribution in [2.24, 2.45) is 0 Å². The fraction of sp³-hybridized carbons (Fsp3) is 0.111. The molecule has 25 heavy (non-hydrogen) atoms. The van der Waals surface area contributed by atoms with Gasteiger partial charge in [0.05, 0.1) is 25.5 Å². The average Bonchev–Trinajstić information content (AvgIpc) is 3.05. The summed E-state index contributed by atoms with van der Waals surface area (Å²) in [5.74, 6) is -0.0927. The maximum atomic E-state index is 13.8. The minimum Gasteiger partial charge on any atom is -0.497 e. The summed E-state index contributed by atoms with van der Waals surface area (Å²) in [5, 5.41) is 7.20. The maximum absolute atomic E-state index is 13.8. The number of carbonyl (C=O) groups is 1. The lowest BCUT2D eigenvalue weighted by atomic mass is 10.2. The van der Waals surface area contributed by atoms with Crippen molar-refractivity contribution in [1.82, 2.24) is 9.78 Å². The van der Waals surface area contributed by atoms with Gasteiger partial charge in [-0.3, -0.25) is 9.48 Å². The van der Waals surface area contributed by atoms with Gasteiger partial charge < -0.3 is 10.1 Å². The third kappa shape index (κ3) is 3.97. The largest absolute Gasteiger partial charge is 0.497 e. The Hall–Kier alpha value is -2.86. The number of carbonyl (C=O) groups excluding carboxylic acids is 1. The van der Waals surface area contributed by atoms with Gasteiger partial charge in [0.2, 0.25) is 0 Å². The third-order valence-electron chi connectivity index (χ3n) is 3.60. The summed E-state index contributed by atoms with van der Waals surface area (Å²) in [5.41, 5.74) is 1.31. The topological polar surface area (TPSA) is 56.1 Å². The Labute approximate surface area is 149 Å². The zero-order chi connectivity index (χ0) is 17.8. The molecule has 128 valence electrons. The molecule has 0 aliphatic rings. The normalized spacial score (nSPS) is 10.5. The van der Waals surface area contributed by atoms with Crippen LogP contribution in [0.1, 0.15) is 15.9 Å². The highest BCUT2D eigenvalue weighted by atomic mass is 35.5. The summed E-state index contributed by atoms with van der Waals surface area (Å²) in [6.45, 7) is 0.167. The van der Waals surface area contributed by atoms with Crippen LogP contribution >= 0.6 is 11.6 Å². The van der Waals surface area contributed by atoms with Gasteiger partial charge in [-0.05, 0) is 30.3 Å². The van der Waals surface area contributed by atoms with E-state index in [0.29, 0.717) is 27.6 Å². The summed E-state index contributed by atoms with van der Waals surface area (Å²) < 4.78 is 20.4. The highest BCUT2D eigenvalue weighted by Crippen LogP contribution is 2.20. The summed E-state index contributed by atoms with van der Waals surface area (Å²) >= 11 is 6.02. The van der Waals surface area contributed by atoms with Crippen molar-refractivity contribution in [2.45, 2.75) is 6.54 Å². The predicted molar refractivity (Wildman–Crippen MR) is 93.7 cm³/mol. The van der Waals surface area contributed by atoms with Gasteiger partial charge in [0, 0.05) is 22.3 Å². The number of benzene rings is 2. The summed E-state index contributed by atoms with van der Waals surface area (Å²) in [7, 11) is 1.54. The summed E-state index contributed by atoms with van der Waals surface area (Å²) in [6, 6.07) is 11.3. The van der Waals surface area contributed by atoms with Crippen LogP contribution in [0.25, 0.3) is 0 Å². The van der Waals surface area contributed by atoms with E-state index in [-0.39, 0.29) is 12.5 Å². The molecular weight excluding hydrogens is 345 g/mol. The lowest BCUT2D eigenvalue weighted by Gasteiger charge is -2.06. The Morgan fingerprint density at radius 1 is 1.32 bits per heavy atom. The first-order valence-corrected chi connectivity index (χ1v) is 7.85. The predicted octanol–water partition coefficient (Wildman–Crippen LogP) is 3.98. The van der Waals surface area contributed by atoms with Crippen molar-refractivity contribution >= 4 is 23.2 Å². The molecule has 0 bridgehead atoms. The van der Waals surface area contributed by atoms with Gasteiger partial charge in [0.15, 0.2) is 0 Å². The number of nitrogens with one attached hydrogen (secondary N) is 1. The highest BCUT2D eigenvalue weighted by Gasteiger charge is 2.11. The fourth-order valence-corrected chi connectivity index (χ4v) is 2.55. The molecule has 0 radical (unpaired) electrons. The molecule has 2 aromatic carbocycles. The SMILES string of the molecule is COc1cccc(C(=O)Nc2cnn(Cc3c(F)cccc3Cl)c2)c1. The van der Waals surface area contributed by atoms with Crippen LogP contribution in [-0.2, 0) is 6.54 Å². The number of aromatic nitrogens is 2. The number of hydrogen-bond donors (Lipinski definition) is 1. The first-order valence-electron chi connectivity index (χ1n) is 7.47. The smallest absolute Gasteiger partial charge is 0.255 e. The monoisotopic (exact) mass is 359 g/mol.